The van der Waals surface area contributed by atoms with Crippen molar-refractivity contribution in [3.8, 4) is 0 Å². The second-order valence-electron chi connectivity index (χ2n) is 9.46. The lowest BCUT2D eigenvalue weighted by Gasteiger charge is -2.45. The molecule has 3 aromatic carbocycles. The fourth-order valence-electron chi connectivity index (χ4n) is 4.74. The quantitative estimate of drug-likeness (QED) is 0.237. The molecule has 0 atom stereocenters. The average Bonchev–Trinajstić information content (AvgIpc) is 3.60. The minimum Gasteiger partial charge on any atom is -0.363 e. The van der Waals surface area contributed by atoms with Crippen molar-refractivity contribution in [1.29, 1.82) is 0 Å². The highest BCUT2D eigenvalue weighted by Crippen LogP contribution is 2.47. The highest BCUT2D eigenvalue weighted by atomic mass is 35.5. The number of para-hydroxylation sites is 1. The molecule has 0 aromatic heterocycles. The van der Waals surface area contributed by atoms with E-state index in [0.717, 1.165) is 17.7 Å². The van der Waals surface area contributed by atoms with Crippen molar-refractivity contribution in [1.82, 2.24) is 9.73 Å². The second kappa shape index (κ2) is 9.98. The Labute approximate surface area is 228 Å². The normalized spacial score (nSPS) is 17.2. The number of hydrazone groups is 1. The zero-order chi connectivity index (χ0) is 27.2. The number of nitrogens with zero attached hydrogens (tertiary/aromatic N) is 3. The number of hydrogen-bond donors (Lipinski definition) is 1. The number of piperazine rings is 1. The van der Waals surface area contributed by atoms with Crippen molar-refractivity contribution in [2.75, 3.05) is 24.5 Å². The monoisotopic (exact) mass is 582 g/mol. The van der Waals surface area contributed by atoms with Crippen LogP contribution < -0.4 is 9.73 Å². The molecule has 3 aromatic rings. The summed E-state index contributed by atoms with van der Waals surface area (Å²) in [6, 6.07) is 12.1. The summed E-state index contributed by atoms with van der Waals surface area (Å²) in [5, 5.41) is 4.15. The Hall–Kier alpha value is -2.95. The lowest BCUT2D eigenvalue weighted by molar-refractivity contribution is 0.257. The van der Waals surface area contributed by atoms with Gasteiger partial charge in [0.15, 0.2) is 5.84 Å². The van der Waals surface area contributed by atoms with E-state index < -0.39 is 33.0 Å². The van der Waals surface area contributed by atoms with Gasteiger partial charge in [-0.05, 0) is 56.2 Å². The summed E-state index contributed by atoms with van der Waals surface area (Å²) in [6.45, 7) is 2.52. The molecule has 2 fully saturated rings. The van der Waals surface area contributed by atoms with Gasteiger partial charge >= 0.3 is 0 Å². The molecule has 12 heteroatoms. The molecule has 0 radical (unpaired) electrons. The van der Waals surface area contributed by atoms with Gasteiger partial charge in [0.05, 0.1) is 26.0 Å². The third-order valence-corrected chi connectivity index (χ3v) is 8.64. The van der Waals surface area contributed by atoms with Crippen molar-refractivity contribution in [3.05, 3.63) is 93.2 Å². The maximum Gasteiger partial charge on any atom is 0.276 e. The van der Waals surface area contributed by atoms with Crippen molar-refractivity contribution in [2.45, 2.75) is 30.2 Å². The zero-order valence-corrected chi connectivity index (χ0v) is 22.5. The molecular formula is C26H23Cl2F3N4O2S. The van der Waals surface area contributed by atoms with Crippen LogP contribution in [0.3, 0.4) is 0 Å². The van der Waals surface area contributed by atoms with Gasteiger partial charge in [0.2, 0.25) is 0 Å². The van der Waals surface area contributed by atoms with Gasteiger partial charge in [0.1, 0.15) is 23.1 Å². The van der Waals surface area contributed by atoms with Crippen molar-refractivity contribution < 1.29 is 21.6 Å². The van der Waals surface area contributed by atoms with Crippen LogP contribution in [-0.2, 0) is 10.0 Å². The Morgan fingerprint density at radius 2 is 1.58 bits per heavy atom. The van der Waals surface area contributed by atoms with E-state index in [1.54, 1.807) is 17.0 Å². The number of hydrogen-bond acceptors (Lipinski definition) is 4. The van der Waals surface area contributed by atoms with Gasteiger partial charge in [-0.15, -0.1) is 5.10 Å². The minimum atomic E-state index is -4.07. The summed E-state index contributed by atoms with van der Waals surface area (Å²) >= 11 is 12.8. The molecule has 1 N–H and O–H groups in total. The first-order valence-corrected chi connectivity index (χ1v) is 14.0. The number of rotatable bonds is 5. The predicted octanol–water partition coefficient (Wildman–Crippen LogP) is 5.71. The third-order valence-electron chi connectivity index (χ3n) is 6.82. The largest absolute Gasteiger partial charge is 0.363 e. The van der Waals surface area contributed by atoms with Gasteiger partial charge in [-0.1, -0.05) is 47.0 Å². The van der Waals surface area contributed by atoms with E-state index in [9.17, 15) is 21.6 Å². The molecule has 0 unspecified atom stereocenters. The molecule has 38 heavy (non-hydrogen) atoms. The number of benzene rings is 3. The molecule has 6 nitrogen and oxygen atoms in total. The first kappa shape index (κ1) is 26.6. The molecule has 0 bridgehead atoms. The van der Waals surface area contributed by atoms with Crippen molar-refractivity contribution in [2.24, 2.45) is 5.10 Å². The average molecular weight is 583 g/mol. The summed E-state index contributed by atoms with van der Waals surface area (Å²) in [4.78, 5) is 5.74. The van der Waals surface area contributed by atoms with Gasteiger partial charge in [0, 0.05) is 19.6 Å². The smallest absolute Gasteiger partial charge is 0.276 e. The lowest BCUT2D eigenvalue weighted by Crippen LogP contribution is -2.58. The third kappa shape index (κ3) is 5.04. The minimum absolute atomic E-state index is 0.00322. The van der Waals surface area contributed by atoms with Gasteiger partial charge in [0.25, 0.3) is 10.0 Å². The topological polar surface area (TPSA) is 65.0 Å². The van der Waals surface area contributed by atoms with E-state index in [2.05, 4.69) is 9.93 Å². The molecular weight excluding hydrogens is 560 g/mol. The first-order chi connectivity index (χ1) is 18.0. The highest BCUT2D eigenvalue weighted by molar-refractivity contribution is 7.89. The molecule has 2 aliphatic rings. The maximum absolute atomic E-state index is 14.5. The van der Waals surface area contributed by atoms with E-state index in [0.29, 0.717) is 12.8 Å². The van der Waals surface area contributed by atoms with Crippen molar-refractivity contribution >= 4 is 44.7 Å². The Balaban J connectivity index is 1.54. The molecule has 1 saturated heterocycles. The van der Waals surface area contributed by atoms with Crippen LogP contribution in [0.25, 0.3) is 0 Å². The number of amidine groups is 1. The van der Waals surface area contributed by atoms with Crippen LogP contribution in [0.5, 0.6) is 0 Å². The standard InChI is InChI=1S/C26H23Cl2F3N4O2S/c1-16-5-7-18(8-6-16)38(36,37)33-32-25(23-19(27)13-17(29)14-20(23)28)35-12-11-34(15-26(35)9-10-26)24-21(30)3-2-4-22(24)31/h2-8,13-14,33H,9-12,15H2,1H3/b32-25-. The predicted molar refractivity (Wildman–Crippen MR) is 142 cm³/mol. The van der Waals surface area contributed by atoms with Crippen molar-refractivity contribution in [3.63, 3.8) is 0 Å². The molecule has 5 rings (SSSR count). The molecule has 1 saturated carbocycles. The summed E-state index contributed by atoms with van der Waals surface area (Å²) in [5.41, 5.74) is 0.313. The van der Waals surface area contributed by atoms with E-state index >= 15 is 0 Å². The first-order valence-electron chi connectivity index (χ1n) is 11.8. The van der Waals surface area contributed by atoms with Crippen LogP contribution in [-0.4, -0.2) is 44.3 Å². The number of anilines is 1. The lowest BCUT2D eigenvalue weighted by atomic mass is 10.1. The van der Waals surface area contributed by atoms with Crippen LogP contribution in [0, 0.1) is 24.4 Å². The Bertz CT molecular complexity index is 1490. The van der Waals surface area contributed by atoms with Crippen LogP contribution in [0.15, 0.2) is 64.6 Å². The van der Waals surface area contributed by atoms with Gasteiger partial charge < -0.3 is 9.80 Å². The second-order valence-corrected chi connectivity index (χ2v) is 11.9. The summed E-state index contributed by atoms with van der Waals surface area (Å²) < 4.78 is 69.1. The molecule has 1 spiro atoms. The summed E-state index contributed by atoms with van der Waals surface area (Å²) in [7, 11) is -4.07. The highest BCUT2D eigenvalue weighted by Gasteiger charge is 2.53. The Morgan fingerprint density at radius 1 is 0.974 bits per heavy atom. The van der Waals surface area contributed by atoms with E-state index in [1.807, 2.05) is 11.8 Å². The van der Waals surface area contributed by atoms with Gasteiger partial charge in [-0.2, -0.15) is 13.2 Å². The summed E-state index contributed by atoms with van der Waals surface area (Å²) in [6.07, 6.45) is 1.31. The van der Waals surface area contributed by atoms with E-state index in [4.69, 9.17) is 23.2 Å². The number of aryl methyl sites for hydroxylation is 1. The zero-order valence-electron chi connectivity index (χ0n) is 20.2. The van der Waals surface area contributed by atoms with Gasteiger partial charge in [-0.3, -0.25) is 0 Å². The van der Waals surface area contributed by atoms with Crippen LogP contribution >= 0.6 is 23.2 Å². The molecule has 1 heterocycles. The van der Waals surface area contributed by atoms with Crippen LogP contribution in [0.4, 0.5) is 18.9 Å². The fraction of sp³-hybridized carbons (Fsp3) is 0.269. The molecule has 1 aliphatic carbocycles. The molecule has 0 amide bonds. The molecule has 200 valence electrons. The van der Waals surface area contributed by atoms with Gasteiger partial charge in [-0.25, -0.2) is 13.2 Å². The molecule has 1 aliphatic heterocycles. The number of sulfonamides is 1. The summed E-state index contributed by atoms with van der Waals surface area (Å²) in [5.74, 6) is -1.90. The Morgan fingerprint density at radius 3 is 2.16 bits per heavy atom. The SMILES string of the molecule is Cc1ccc(S(=O)(=O)N/N=C(/c2c(Cl)cc(F)cc2Cl)N2CCN(c3c(F)cccc3F)CC23CC3)cc1. The van der Waals surface area contributed by atoms with Crippen LogP contribution in [0.2, 0.25) is 10.0 Å². The number of nitrogens with one attached hydrogen (secondary N) is 1. The maximum atomic E-state index is 14.5. The fourth-order valence-corrected chi connectivity index (χ4v) is 6.18. The van der Waals surface area contributed by atoms with E-state index in [-0.39, 0.29) is 51.7 Å². The van der Waals surface area contributed by atoms with Crippen LogP contribution in [0.1, 0.15) is 24.0 Å². The van der Waals surface area contributed by atoms with E-state index in [1.165, 1.54) is 30.3 Å². The number of halogens is 5. The Kier molecular flexibility index (Phi) is 7.00.